The highest BCUT2D eigenvalue weighted by atomic mass is 35.5. The monoisotopic (exact) mass is 665 g/mol. The van der Waals surface area contributed by atoms with E-state index in [0.29, 0.717) is 23.7 Å². The van der Waals surface area contributed by atoms with Gasteiger partial charge in [0, 0.05) is 30.4 Å². The number of carbonyl (C=O) groups excluding carboxylic acids is 2. The molecular formula is C34H33ClFN3O6S. The maximum absolute atomic E-state index is 13.9. The molecule has 0 spiro atoms. The summed E-state index contributed by atoms with van der Waals surface area (Å²) < 4.78 is 52.7. The molecule has 5 rings (SSSR count). The highest BCUT2D eigenvalue weighted by molar-refractivity contribution is 7.92. The Bertz CT molecular complexity index is 1720. The van der Waals surface area contributed by atoms with Gasteiger partial charge in [0.05, 0.1) is 11.0 Å². The van der Waals surface area contributed by atoms with Crippen LogP contribution in [0.15, 0.2) is 108 Å². The van der Waals surface area contributed by atoms with Crippen molar-refractivity contribution in [2.75, 3.05) is 24.5 Å². The van der Waals surface area contributed by atoms with Crippen LogP contribution in [0, 0.1) is 5.82 Å². The summed E-state index contributed by atoms with van der Waals surface area (Å²) >= 11 is 6.09. The number of nitrogens with one attached hydrogen (secondary N) is 2. The third-order valence-corrected chi connectivity index (χ3v) is 9.03. The third kappa shape index (κ3) is 8.84. The lowest BCUT2D eigenvalue weighted by molar-refractivity contribution is -0.143. The van der Waals surface area contributed by atoms with Crippen molar-refractivity contribution in [1.29, 1.82) is 0 Å². The number of ether oxygens (including phenoxy) is 2. The van der Waals surface area contributed by atoms with Crippen LogP contribution in [-0.2, 0) is 30.9 Å². The normalized spacial score (nSPS) is 15.1. The number of hydrogen-bond acceptors (Lipinski definition) is 6. The lowest BCUT2D eigenvalue weighted by Crippen LogP contribution is -2.46. The zero-order valence-corrected chi connectivity index (χ0v) is 26.3. The number of amides is 2. The van der Waals surface area contributed by atoms with Crippen LogP contribution in [0.25, 0.3) is 0 Å². The second-order valence-corrected chi connectivity index (χ2v) is 12.8. The van der Waals surface area contributed by atoms with Gasteiger partial charge in [-0.15, -0.1) is 0 Å². The average molecular weight is 666 g/mol. The summed E-state index contributed by atoms with van der Waals surface area (Å²) in [4.78, 5) is 29.0. The van der Waals surface area contributed by atoms with Gasteiger partial charge in [-0.25, -0.2) is 12.8 Å². The van der Waals surface area contributed by atoms with Crippen LogP contribution in [0.5, 0.6) is 5.75 Å². The number of benzene rings is 4. The molecule has 46 heavy (non-hydrogen) atoms. The molecule has 0 aromatic heterocycles. The first-order chi connectivity index (χ1) is 22.2. The lowest BCUT2D eigenvalue weighted by Gasteiger charge is -2.32. The molecule has 4 aromatic carbocycles. The van der Waals surface area contributed by atoms with E-state index >= 15 is 0 Å². The van der Waals surface area contributed by atoms with Crippen LogP contribution in [0.1, 0.15) is 30.0 Å². The molecule has 0 saturated carbocycles. The number of anilines is 1. The van der Waals surface area contributed by atoms with Crippen LogP contribution in [0.2, 0.25) is 5.02 Å². The Balaban J connectivity index is 1.33. The fourth-order valence-electron chi connectivity index (χ4n) is 5.01. The summed E-state index contributed by atoms with van der Waals surface area (Å²) in [5, 5.41) is 3.51. The van der Waals surface area contributed by atoms with Crippen molar-refractivity contribution < 1.29 is 31.9 Å². The van der Waals surface area contributed by atoms with Gasteiger partial charge in [0.25, 0.3) is 15.9 Å². The number of carbonyl (C=O) groups is 2. The molecule has 12 heteroatoms. The molecule has 1 aliphatic heterocycles. The predicted octanol–water partition coefficient (Wildman–Crippen LogP) is 5.72. The fourth-order valence-corrected chi connectivity index (χ4v) is 6.19. The minimum absolute atomic E-state index is 0.0491. The van der Waals surface area contributed by atoms with Crippen molar-refractivity contribution in [2.45, 2.75) is 36.4 Å². The van der Waals surface area contributed by atoms with Crippen molar-refractivity contribution in [3.63, 3.8) is 0 Å². The summed E-state index contributed by atoms with van der Waals surface area (Å²) in [7, 11) is -3.95. The number of hydrogen-bond donors (Lipinski definition) is 2. The van der Waals surface area contributed by atoms with Gasteiger partial charge in [0.1, 0.15) is 17.6 Å². The van der Waals surface area contributed by atoms with Gasteiger partial charge in [-0.1, -0.05) is 54.1 Å². The quantitative estimate of drug-likeness (QED) is 0.189. The second-order valence-electron chi connectivity index (χ2n) is 10.7. The molecule has 2 N–H and O–H groups in total. The summed E-state index contributed by atoms with van der Waals surface area (Å²) in [6.45, 7) is 0.653. The van der Waals surface area contributed by atoms with Gasteiger partial charge in [-0.05, 0) is 84.6 Å². The molecule has 4 aromatic rings. The SMILES string of the molecule is O=C(NCC1CCCO1)C(c1ccccc1)N(Cc1ccc(Cl)cc1)C(=O)COc1ccc(S(=O)(=O)Nc2ccc(F)cc2)cc1. The van der Waals surface area contributed by atoms with E-state index in [4.69, 9.17) is 21.1 Å². The van der Waals surface area contributed by atoms with E-state index in [9.17, 15) is 22.4 Å². The van der Waals surface area contributed by atoms with Gasteiger partial charge >= 0.3 is 0 Å². The zero-order valence-electron chi connectivity index (χ0n) is 24.8. The Labute approximate surface area is 272 Å². The van der Waals surface area contributed by atoms with Crippen molar-refractivity contribution in [1.82, 2.24) is 10.2 Å². The van der Waals surface area contributed by atoms with Crippen LogP contribution in [-0.4, -0.2) is 51.0 Å². The molecule has 0 bridgehead atoms. The molecule has 2 amide bonds. The second kappa shape index (κ2) is 15.2. The highest BCUT2D eigenvalue weighted by Crippen LogP contribution is 2.26. The average Bonchev–Trinajstić information content (AvgIpc) is 3.59. The molecule has 2 unspecified atom stereocenters. The Kier molecular flexibility index (Phi) is 10.9. The third-order valence-electron chi connectivity index (χ3n) is 7.38. The summed E-state index contributed by atoms with van der Waals surface area (Å²) in [6.07, 6.45) is 1.69. The molecule has 240 valence electrons. The first-order valence-corrected chi connectivity index (χ1v) is 16.5. The van der Waals surface area contributed by atoms with Crippen LogP contribution >= 0.6 is 11.6 Å². The number of halogens is 2. The largest absolute Gasteiger partial charge is 0.484 e. The summed E-state index contributed by atoms with van der Waals surface area (Å²) in [5.41, 5.74) is 1.59. The summed E-state index contributed by atoms with van der Waals surface area (Å²) in [5.74, 6) is -1.06. The van der Waals surface area contributed by atoms with E-state index in [1.54, 1.807) is 48.5 Å². The molecular weight excluding hydrogens is 633 g/mol. The van der Waals surface area contributed by atoms with E-state index in [0.717, 1.165) is 30.5 Å². The fraction of sp³-hybridized carbons (Fsp3) is 0.235. The Morgan fingerprint density at radius 3 is 2.30 bits per heavy atom. The van der Waals surface area contributed by atoms with Gasteiger partial charge < -0.3 is 19.7 Å². The van der Waals surface area contributed by atoms with Crippen LogP contribution in [0.4, 0.5) is 10.1 Å². The van der Waals surface area contributed by atoms with Gasteiger partial charge in [0.2, 0.25) is 5.91 Å². The molecule has 2 atom stereocenters. The first kappa shape index (κ1) is 32.9. The molecule has 1 saturated heterocycles. The number of sulfonamides is 1. The van der Waals surface area contributed by atoms with E-state index in [2.05, 4.69) is 10.0 Å². The molecule has 1 aliphatic rings. The molecule has 0 aliphatic carbocycles. The molecule has 1 heterocycles. The summed E-state index contributed by atoms with van der Waals surface area (Å²) in [6, 6.07) is 25.5. The highest BCUT2D eigenvalue weighted by Gasteiger charge is 2.32. The zero-order chi connectivity index (χ0) is 32.5. The maximum atomic E-state index is 13.9. The van der Waals surface area contributed by atoms with Crippen molar-refractivity contribution in [3.05, 3.63) is 125 Å². The van der Waals surface area contributed by atoms with E-state index in [-0.39, 0.29) is 34.9 Å². The minimum Gasteiger partial charge on any atom is -0.484 e. The standard InChI is InChI=1S/C34H33ClFN3O6S/c35-26-10-8-24(9-11-26)22-39(33(25-5-2-1-3-6-25)34(41)37-21-30-7-4-20-44-30)32(40)23-45-29-16-18-31(19-17-29)46(42,43)38-28-14-12-27(36)13-15-28/h1-3,5-6,8-19,30,33,38H,4,7,20-23H2,(H,37,41). The van der Waals surface area contributed by atoms with E-state index < -0.39 is 34.4 Å². The lowest BCUT2D eigenvalue weighted by atomic mass is 10.0. The van der Waals surface area contributed by atoms with Gasteiger partial charge in [0.15, 0.2) is 6.61 Å². The Hall–Kier alpha value is -4.45. The van der Waals surface area contributed by atoms with Gasteiger partial charge in [-0.2, -0.15) is 0 Å². The van der Waals surface area contributed by atoms with Crippen LogP contribution < -0.4 is 14.8 Å². The number of nitrogens with zero attached hydrogens (tertiary/aromatic N) is 1. The van der Waals surface area contributed by atoms with E-state index in [1.165, 1.54) is 41.3 Å². The van der Waals surface area contributed by atoms with Crippen molar-refractivity contribution in [2.24, 2.45) is 0 Å². The Morgan fingerprint density at radius 1 is 0.957 bits per heavy atom. The molecule has 0 radical (unpaired) electrons. The van der Waals surface area contributed by atoms with Crippen molar-refractivity contribution >= 4 is 39.1 Å². The first-order valence-electron chi connectivity index (χ1n) is 14.7. The topological polar surface area (TPSA) is 114 Å². The molecule has 1 fully saturated rings. The smallest absolute Gasteiger partial charge is 0.261 e. The van der Waals surface area contributed by atoms with Crippen LogP contribution in [0.3, 0.4) is 0 Å². The van der Waals surface area contributed by atoms with Crippen molar-refractivity contribution in [3.8, 4) is 5.75 Å². The van der Waals surface area contributed by atoms with Gasteiger partial charge in [-0.3, -0.25) is 14.3 Å². The maximum Gasteiger partial charge on any atom is 0.261 e. The Morgan fingerprint density at radius 2 is 1.65 bits per heavy atom. The minimum atomic E-state index is -3.95. The molecule has 9 nitrogen and oxygen atoms in total. The number of rotatable bonds is 13. The predicted molar refractivity (Wildman–Crippen MR) is 172 cm³/mol. The van der Waals surface area contributed by atoms with E-state index in [1.807, 2.05) is 6.07 Å².